The zero-order chi connectivity index (χ0) is 45.4. The standard InChI is InChI=1S/C63H38N4O2/c1-4-15-39(16-5-1)41-27-29-43(30-28-41)62-64-61(42-19-8-3-9-20-42)65-63(66-62)49-24-14-23-47-51-38-45(32-35-56(51)69-60(47)49)58-54(34-36-57-59(58)48-22-11-13-26-55(48)68-57)67-52-25-12-10-21-46(52)50-37-44(31-33-53(50)67)40-17-6-2-7-18-40/h1-38H. The number of hydrogen-bond donors (Lipinski definition) is 0. The molecule has 0 atom stereocenters. The molecule has 0 radical (unpaired) electrons. The van der Waals surface area contributed by atoms with Crippen LogP contribution >= 0.6 is 0 Å². The first kappa shape index (κ1) is 38.8. The summed E-state index contributed by atoms with van der Waals surface area (Å²) in [6.07, 6.45) is 0. The fourth-order valence-electron chi connectivity index (χ4n) is 10.2. The fraction of sp³-hybridized carbons (Fsp3) is 0. The predicted molar refractivity (Wildman–Crippen MR) is 281 cm³/mol. The normalized spacial score (nSPS) is 11.8. The van der Waals surface area contributed by atoms with Crippen molar-refractivity contribution < 1.29 is 8.83 Å². The van der Waals surface area contributed by atoms with Crippen molar-refractivity contribution in [1.29, 1.82) is 0 Å². The van der Waals surface area contributed by atoms with Gasteiger partial charge in [0.15, 0.2) is 17.5 Å². The van der Waals surface area contributed by atoms with E-state index in [0.29, 0.717) is 23.1 Å². The molecule has 0 N–H and O–H groups in total. The Morgan fingerprint density at radius 3 is 1.59 bits per heavy atom. The lowest BCUT2D eigenvalue weighted by atomic mass is 9.95. The van der Waals surface area contributed by atoms with E-state index < -0.39 is 0 Å². The molecule has 0 saturated heterocycles. The van der Waals surface area contributed by atoms with Crippen LogP contribution in [0.25, 0.3) is 139 Å². The summed E-state index contributed by atoms with van der Waals surface area (Å²) in [6.45, 7) is 0. The number of para-hydroxylation sites is 3. The van der Waals surface area contributed by atoms with Gasteiger partial charge in [0.05, 0.1) is 22.3 Å². The van der Waals surface area contributed by atoms with Crippen molar-refractivity contribution in [1.82, 2.24) is 19.5 Å². The molecule has 14 aromatic rings. The van der Waals surface area contributed by atoms with Crippen LogP contribution < -0.4 is 0 Å². The molecule has 4 heterocycles. The van der Waals surface area contributed by atoms with Gasteiger partial charge in [0.2, 0.25) is 0 Å². The number of aromatic nitrogens is 4. The number of nitrogens with zero attached hydrogens (tertiary/aromatic N) is 4. The van der Waals surface area contributed by atoms with Crippen LogP contribution in [-0.2, 0) is 0 Å². The first-order valence-electron chi connectivity index (χ1n) is 23.2. The van der Waals surface area contributed by atoms with E-state index in [9.17, 15) is 0 Å². The molecule has 4 aromatic heterocycles. The molecule has 0 unspecified atom stereocenters. The maximum atomic E-state index is 6.87. The van der Waals surface area contributed by atoms with Crippen LogP contribution in [-0.4, -0.2) is 19.5 Å². The van der Waals surface area contributed by atoms with Crippen LogP contribution in [0.5, 0.6) is 0 Å². The van der Waals surface area contributed by atoms with Gasteiger partial charge in [-0.05, 0) is 82.4 Å². The van der Waals surface area contributed by atoms with E-state index in [4.69, 9.17) is 23.8 Å². The molecule has 0 aliphatic rings. The average Bonchev–Trinajstić information content (AvgIpc) is 4.10. The lowest BCUT2D eigenvalue weighted by Gasteiger charge is -2.16. The second kappa shape index (κ2) is 15.6. The zero-order valence-corrected chi connectivity index (χ0v) is 37.0. The van der Waals surface area contributed by atoms with Crippen LogP contribution in [0.3, 0.4) is 0 Å². The molecular formula is C63H38N4O2. The van der Waals surface area contributed by atoms with Gasteiger partial charge in [-0.25, -0.2) is 15.0 Å². The number of hydrogen-bond acceptors (Lipinski definition) is 5. The highest BCUT2D eigenvalue weighted by atomic mass is 16.3. The Kier molecular flexibility index (Phi) is 8.79. The minimum absolute atomic E-state index is 0.537. The monoisotopic (exact) mass is 882 g/mol. The van der Waals surface area contributed by atoms with Crippen molar-refractivity contribution in [3.63, 3.8) is 0 Å². The first-order chi connectivity index (χ1) is 34.2. The van der Waals surface area contributed by atoms with Crippen molar-refractivity contribution in [3.05, 3.63) is 231 Å². The maximum Gasteiger partial charge on any atom is 0.167 e. The molecule has 69 heavy (non-hydrogen) atoms. The molecule has 0 fully saturated rings. The largest absolute Gasteiger partial charge is 0.456 e. The van der Waals surface area contributed by atoms with Crippen LogP contribution in [0, 0.1) is 0 Å². The highest BCUT2D eigenvalue weighted by Gasteiger charge is 2.24. The van der Waals surface area contributed by atoms with Crippen molar-refractivity contribution in [2.75, 3.05) is 0 Å². The molecule has 0 aliphatic carbocycles. The molecule has 0 spiro atoms. The second-order valence-electron chi connectivity index (χ2n) is 17.5. The smallest absolute Gasteiger partial charge is 0.167 e. The van der Waals surface area contributed by atoms with E-state index in [1.54, 1.807) is 0 Å². The summed E-state index contributed by atoms with van der Waals surface area (Å²) in [7, 11) is 0. The molecule has 322 valence electrons. The van der Waals surface area contributed by atoms with E-state index >= 15 is 0 Å². The molecule has 0 aliphatic heterocycles. The number of benzene rings is 10. The summed E-state index contributed by atoms with van der Waals surface area (Å²) >= 11 is 0. The van der Waals surface area contributed by atoms with Gasteiger partial charge in [-0.15, -0.1) is 0 Å². The SMILES string of the molecule is c1ccc(-c2ccc(-c3nc(-c4ccccc4)nc(-c4cccc5c4oc4ccc(-c6c(-n7c8ccccc8c8cc(-c9ccccc9)ccc87)ccc7oc8ccccc8c67)cc45)n3)cc2)cc1. The second-order valence-corrected chi connectivity index (χ2v) is 17.5. The lowest BCUT2D eigenvalue weighted by Crippen LogP contribution is -2.00. The highest BCUT2D eigenvalue weighted by Crippen LogP contribution is 2.46. The van der Waals surface area contributed by atoms with Gasteiger partial charge >= 0.3 is 0 Å². The van der Waals surface area contributed by atoms with Gasteiger partial charge in [-0.3, -0.25) is 0 Å². The number of rotatable bonds is 7. The minimum Gasteiger partial charge on any atom is -0.456 e. The topological polar surface area (TPSA) is 69.9 Å². The van der Waals surface area contributed by atoms with Gasteiger partial charge in [0.25, 0.3) is 0 Å². The Morgan fingerprint density at radius 1 is 0.304 bits per heavy atom. The van der Waals surface area contributed by atoms with Crippen LogP contribution in [0.2, 0.25) is 0 Å². The Morgan fingerprint density at radius 2 is 0.826 bits per heavy atom. The fourth-order valence-corrected chi connectivity index (χ4v) is 10.2. The van der Waals surface area contributed by atoms with E-state index in [2.05, 4.69) is 180 Å². The van der Waals surface area contributed by atoms with E-state index in [0.717, 1.165) is 94.0 Å². The Bertz CT molecular complexity index is 4290. The molecule has 0 amide bonds. The summed E-state index contributed by atoms with van der Waals surface area (Å²) in [5, 5.41) is 6.47. The summed E-state index contributed by atoms with van der Waals surface area (Å²) < 4.78 is 15.9. The number of furan rings is 2. The van der Waals surface area contributed by atoms with Gasteiger partial charge in [0, 0.05) is 49.0 Å². The molecule has 6 heteroatoms. The molecule has 0 saturated carbocycles. The summed E-state index contributed by atoms with van der Waals surface area (Å²) in [5.41, 5.74) is 15.8. The van der Waals surface area contributed by atoms with Crippen molar-refractivity contribution in [2.45, 2.75) is 0 Å². The van der Waals surface area contributed by atoms with Crippen LogP contribution in [0.4, 0.5) is 0 Å². The Balaban J connectivity index is 0.965. The summed E-state index contributed by atoms with van der Waals surface area (Å²) in [5.74, 6) is 1.71. The molecule has 10 aromatic carbocycles. The molecule has 14 rings (SSSR count). The lowest BCUT2D eigenvalue weighted by molar-refractivity contribution is 0.669. The van der Waals surface area contributed by atoms with Crippen LogP contribution in [0.1, 0.15) is 0 Å². The minimum atomic E-state index is 0.537. The quantitative estimate of drug-likeness (QED) is 0.159. The third-order valence-electron chi connectivity index (χ3n) is 13.5. The average molecular weight is 883 g/mol. The van der Waals surface area contributed by atoms with Gasteiger partial charge in [-0.2, -0.15) is 0 Å². The number of fused-ring (bicyclic) bond motifs is 9. The van der Waals surface area contributed by atoms with Crippen molar-refractivity contribution in [2.24, 2.45) is 0 Å². The van der Waals surface area contributed by atoms with Crippen LogP contribution in [0.15, 0.2) is 239 Å². The Labute approximate surface area is 396 Å². The van der Waals surface area contributed by atoms with Crippen molar-refractivity contribution in [3.8, 4) is 73.2 Å². The maximum absolute atomic E-state index is 6.87. The van der Waals surface area contributed by atoms with Gasteiger partial charge in [-0.1, -0.05) is 176 Å². The van der Waals surface area contributed by atoms with E-state index in [1.165, 1.54) is 21.9 Å². The third kappa shape index (κ3) is 6.38. The van der Waals surface area contributed by atoms with Gasteiger partial charge in [0.1, 0.15) is 22.3 Å². The zero-order valence-electron chi connectivity index (χ0n) is 37.0. The molecule has 0 bridgehead atoms. The third-order valence-corrected chi connectivity index (χ3v) is 13.5. The first-order valence-corrected chi connectivity index (χ1v) is 23.2. The predicted octanol–water partition coefficient (Wildman–Crippen LogP) is 16.8. The Hall–Kier alpha value is -9.39. The summed E-state index contributed by atoms with van der Waals surface area (Å²) in [4.78, 5) is 15.3. The van der Waals surface area contributed by atoms with E-state index in [1.807, 2.05) is 54.6 Å². The molecule has 6 nitrogen and oxygen atoms in total. The van der Waals surface area contributed by atoms with Gasteiger partial charge < -0.3 is 13.4 Å². The molecular weight excluding hydrogens is 845 g/mol. The van der Waals surface area contributed by atoms with Crippen molar-refractivity contribution >= 4 is 65.7 Å². The summed E-state index contributed by atoms with van der Waals surface area (Å²) in [6, 6.07) is 80.5. The van der Waals surface area contributed by atoms with E-state index in [-0.39, 0.29) is 0 Å². The highest BCUT2D eigenvalue weighted by molar-refractivity contribution is 6.18.